The molecule has 0 saturated carbocycles. The Balaban J connectivity index is 1.47. The second-order valence-corrected chi connectivity index (χ2v) is 9.21. The summed E-state index contributed by atoms with van der Waals surface area (Å²) in [7, 11) is -3.54. The van der Waals surface area contributed by atoms with E-state index in [0.29, 0.717) is 13.1 Å². The van der Waals surface area contributed by atoms with E-state index in [0.717, 1.165) is 19.6 Å². The van der Waals surface area contributed by atoms with Crippen LogP contribution in [0.15, 0.2) is 71.6 Å². The average molecular weight is 402 g/mol. The molecule has 1 aliphatic rings. The zero-order valence-electron chi connectivity index (χ0n) is 14.9. The lowest BCUT2D eigenvalue weighted by Crippen LogP contribution is -3.13. The van der Waals surface area contributed by atoms with Crippen LogP contribution in [-0.4, -0.2) is 38.9 Å². The number of fused-ring (bicyclic) bond motifs is 1. The molecule has 0 radical (unpaired) electrons. The third kappa shape index (κ3) is 3.73. The van der Waals surface area contributed by atoms with Crippen LogP contribution in [0.25, 0.3) is 10.8 Å². The first-order chi connectivity index (χ1) is 13.1. The zero-order chi connectivity index (χ0) is 18.9. The summed E-state index contributed by atoms with van der Waals surface area (Å²) < 4.78 is 27.3. The number of hydrogen-bond donors (Lipinski definition) is 1. The summed E-state index contributed by atoms with van der Waals surface area (Å²) in [6.45, 7) is 3.49. The highest BCUT2D eigenvalue weighted by molar-refractivity contribution is 7.89. The second-order valence-electron chi connectivity index (χ2n) is 6.90. The number of sulfonamides is 1. The molecule has 0 aliphatic carbocycles. The van der Waals surface area contributed by atoms with Crippen molar-refractivity contribution >= 4 is 32.4 Å². The molecule has 0 bridgehead atoms. The molecule has 1 heterocycles. The van der Waals surface area contributed by atoms with Gasteiger partial charge >= 0.3 is 0 Å². The van der Waals surface area contributed by atoms with Crippen molar-refractivity contribution in [3.8, 4) is 0 Å². The molecule has 4 rings (SSSR count). The van der Waals surface area contributed by atoms with Crippen LogP contribution in [0.4, 0.5) is 0 Å². The fraction of sp³-hybridized carbons (Fsp3) is 0.238. The van der Waals surface area contributed by atoms with E-state index in [-0.39, 0.29) is 9.92 Å². The van der Waals surface area contributed by atoms with Crippen LogP contribution >= 0.6 is 11.6 Å². The molecule has 140 valence electrons. The van der Waals surface area contributed by atoms with Crippen LogP contribution in [0.2, 0.25) is 5.02 Å². The Hall–Kier alpha value is -1.92. The van der Waals surface area contributed by atoms with Crippen LogP contribution in [-0.2, 0) is 16.6 Å². The van der Waals surface area contributed by atoms with E-state index >= 15 is 0 Å². The molecule has 6 heteroatoms. The minimum atomic E-state index is -3.54. The number of piperazine rings is 1. The maximum Gasteiger partial charge on any atom is 0.244 e. The van der Waals surface area contributed by atoms with Gasteiger partial charge in [0.1, 0.15) is 11.4 Å². The van der Waals surface area contributed by atoms with Crippen molar-refractivity contribution in [2.24, 2.45) is 0 Å². The van der Waals surface area contributed by atoms with E-state index < -0.39 is 10.0 Å². The number of rotatable bonds is 4. The van der Waals surface area contributed by atoms with Gasteiger partial charge in [-0.1, -0.05) is 66.2 Å². The second kappa shape index (κ2) is 7.60. The summed E-state index contributed by atoms with van der Waals surface area (Å²) in [6, 6.07) is 21.4. The molecule has 0 atom stereocenters. The van der Waals surface area contributed by atoms with Crippen molar-refractivity contribution in [1.29, 1.82) is 0 Å². The number of hydrogen-bond acceptors (Lipinski definition) is 2. The highest BCUT2D eigenvalue weighted by atomic mass is 35.5. The lowest BCUT2D eigenvalue weighted by molar-refractivity contribution is -0.917. The molecule has 0 aromatic heterocycles. The van der Waals surface area contributed by atoms with Crippen molar-refractivity contribution in [3.63, 3.8) is 0 Å². The predicted octanol–water partition coefficient (Wildman–Crippen LogP) is 2.58. The number of nitrogens with one attached hydrogen (secondary N) is 1. The Kier molecular flexibility index (Phi) is 5.19. The van der Waals surface area contributed by atoms with E-state index in [4.69, 9.17) is 11.6 Å². The van der Waals surface area contributed by atoms with Gasteiger partial charge in [0.2, 0.25) is 10.0 Å². The molecular weight excluding hydrogens is 380 g/mol. The Morgan fingerprint density at radius 1 is 0.889 bits per heavy atom. The first kappa shape index (κ1) is 18.4. The summed E-state index contributed by atoms with van der Waals surface area (Å²) in [5.74, 6) is 0. The number of benzene rings is 3. The molecule has 0 spiro atoms. The van der Waals surface area contributed by atoms with Crippen molar-refractivity contribution in [3.05, 3.63) is 77.3 Å². The maximum atomic E-state index is 12.9. The smallest absolute Gasteiger partial charge is 0.244 e. The lowest BCUT2D eigenvalue weighted by Gasteiger charge is -2.32. The Labute approximate surface area is 165 Å². The van der Waals surface area contributed by atoms with Crippen LogP contribution in [0.1, 0.15) is 5.56 Å². The van der Waals surface area contributed by atoms with Gasteiger partial charge < -0.3 is 4.90 Å². The summed E-state index contributed by atoms with van der Waals surface area (Å²) in [5.41, 5.74) is 1.31. The van der Waals surface area contributed by atoms with Gasteiger partial charge in [0, 0.05) is 5.56 Å². The molecule has 0 unspecified atom stereocenters. The van der Waals surface area contributed by atoms with Gasteiger partial charge in [-0.3, -0.25) is 0 Å². The summed E-state index contributed by atoms with van der Waals surface area (Å²) in [5, 5.41) is 2.80. The average Bonchev–Trinajstić information content (AvgIpc) is 2.69. The number of nitrogens with zero attached hydrogens (tertiary/aromatic N) is 1. The molecular formula is C21H22ClN2O2S+. The minimum absolute atomic E-state index is 0.198. The summed E-state index contributed by atoms with van der Waals surface area (Å²) in [6.07, 6.45) is 0. The van der Waals surface area contributed by atoms with Gasteiger partial charge in [-0.2, -0.15) is 4.31 Å². The Bertz CT molecular complexity index is 1060. The third-order valence-electron chi connectivity index (χ3n) is 5.20. The maximum absolute atomic E-state index is 12.9. The fourth-order valence-corrected chi connectivity index (χ4v) is 5.66. The van der Waals surface area contributed by atoms with Gasteiger partial charge in [-0.25, -0.2) is 8.42 Å². The van der Waals surface area contributed by atoms with E-state index in [2.05, 4.69) is 42.5 Å². The van der Waals surface area contributed by atoms with Crippen molar-refractivity contribution in [1.82, 2.24) is 4.31 Å². The summed E-state index contributed by atoms with van der Waals surface area (Å²) in [4.78, 5) is 1.60. The standard InChI is InChI=1S/C21H21ClN2O2S/c22-20-10-3-4-11-21(20)27(25,26)24-14-12-23(13-15-24)16-18-8-5-7-17-6-1-2-9-19(17)18/h1-11H,12-16H2/p+1. The molecule has 1 fully saturated rings. The highest BCUT2D eigenvalue weighted by Gasteiger charge is 2.31. The zero-order valence-corrected chi connectivity index (χ0v) is 16.5. The molecule has 3 aromatic rings. The van der Waals surface area contributed by atoms with Gasteiger partial charge in [-0.05, 0) is 22.9 Å². The number of quaternary nitrogens is 1. The highest BCUT2D eigenvalue weighted by Crippen LogP contribution is 2.24. The monoisotopic (exact) mass is 401 g/mol. The molecule has 27 heavy (non-hydrogen) atoms. The van der Waals surface area contributed by atoms with Gasteiger partial charge in [0.15, 0.2) is 0 Å². The summed E-state index contributed by atoms with van der Waals surface area (Å²) >= 11 is 6.11. The van der Waals surface area contributed by atoms with Gasteiger partial charge in [0.05, 0.1) is 31.2 Å². The largest absolute Gasteiger partial charge is 0.329 e. The first-order valence-corrected chi connectivity index (χ1v) is 10.9. The van der Waals surface area contributed by atoms with Crippen molar-refractivity contribution in [2.45, 2.75) is 11.4 Å². The third-order valence-corrected chi connectivity index (χ3v) is 7.60. The number of halogens is 1. The van der Waals surface area contributed by atoms with Crippen LogP contribution in [0.3, 0.4) is 0 Å². The van der Waals surface area contributed by atoms with E-state index in [1.165, 1.54) is 21.2 Å². The molecule has 4 nitrogen and oxygen atoms in total. The molecule has 1 aliphatic heterocycles. The van der Waals surface area contributed by atoms with Crippen LogP contribution in [0, 0.1) is 0 Å². The topological polar surface area (TPSA) is 41.8 Å². The van der Waals surface area contributed by atoms with Crippen LogP contribution < -0.4 is 4.90 Å². The van der Waals surface area contributed by atoms with Gasteiger partial charge in [0.25, 0.3) is 0 Å². The lowest BCUT2D eigenvalue weighted by atomic mass is 10.0. The molecule has 3 aromatic carbocycles. The van der Waals surface area contributed by atoms with Crippen molar-refractivity contribution in [2.75, 3.05) is 26.2 Å². The predicted molar refractivity (Wildman–Crippen MR) is 109 cm³/mol. The quantitative estimate of drug-likeness (QED) is 0.730. The SMILES string of the molecule is O=S(=O)(c1ccccc1Cl)N1CC[NH+](Cc2cccc3ccccc23)CC1. The van der Waals surface area contributed by atoms with E-state index in [1.54, 1.807) is 28.6 Å². The molecule has 0 amide bonds. The minimum Gasteiger partial charge on any atom is -0.329 e. The Morgan fingerprint density at radius 3 is 2.33 bits per heavy atom. The molecule has 1 saturated heterocycles. The first-order valence-electron chi connectivity index (χ1n) is 9.10. The Morgan fingerprint density at radius 2 is 1.56 bits per heavy atom. The molecule has 1 N–H and O–H groups in total. The van der Waals surface area contributed by atoms with Crippen molar-refractivity contribution < 1.29 is 13.3 Å². The normalized spacial score (nSPS) is 16.6. The van der Waals surface area contributed by atoms with Gasteiger partial charge in [-0.15, -0.1) is 0 Å². The van der Waals surface area contributed by atoms with Crippen LogP contribution in [0.5, 0.6) is 0 Å². The van der Waals surface area contributed by atoms with E-state index in [9.17, 15) is 8.42 Å². The van der Waals surface area contributed by atoms with E-state index in [1.807, 2.05) is 0 Å². The fourth-order valence-electron chi connectivity index (χ4n) is 3.73.